The Morgan fingerprint density at radius 3 is 2.62 bits per heavy atom. The highest BCUT2D eigenvalue weighted by atomic mass is 35.5. The molecule has 1 aromatic carbocycles. The first-order valence-electron chi connectivity index (χ1n) is 5.07. The third-order valence-corrected chi connectivity index (χ3v) is 2.45. The van der Waals surface area contributed by atoms with Gasteiger partial charge in [0.15, 0.2) is 0 Å². The molecule has 0 saturated carbocycles. The first kappa shape index (κ1) is 12.8. The normalized spacial score (nSPS) is 10.6. The van der Waals surface area contributed by atoms with E-state index in [0.717, 1.165) is 5.56 Å². The highest BCUT2D eigenvalue weighted by Crippen LogP contribution is 2.28. The Hall–Kier alpha value is -1.22. The summed E-state index contributed by atoms with van der Waals surface area (Å²) in [5.41, 5.74) is 1.49. The number of carboxylic acid groups (broad SMARTS) is 1. The molecule has 0 aliphatic carbocycles. The summed E-state index contributed by atoms with van der Waals surface area (Å²) in [4.78, 5) is 10.7. The summed E-state index contributed by atoms with van der Waals surface area (Å²) >= 11 is 5.96. The monoisotopic (exact) mass is 242 g/mol. The van der Waals surface area contributed by atoms with Gasteiger partial charge in [-0.3, -0.25) is 4.79 Å². The fourth-order valence-corrected chi connectivity index (χ4v) is 1.55. The van der Waals surface area contributed by atoms with Crippen molar-refractivity contribution in [1.29, 1.82) is 0 Å². The van der Waals surface area contributed by atoms with Crippen LogP contribution >= 0.6 is 11.6 Å². The molecular weight excluding hydrogens is 228 g/mol. The predicted molar refractivity (Wildman–Crippen MR) is 63.3 cm³/mol. The van der Waals surface area contributed by atoms with E-state index < -0.39 is 5.97 Å². The fraction of sp³-hybridized carbons (Fsp3) is 0.417. The van der Waals surface area contributed by atoms with Gasteiger partial charge in [-0.2, -0.15) is 0 Å². The molecule has 0 fully saturated rings. The highest BCUT2D eigenvalue weighted by molar-refractivity contribution is 6.31. The van der Waals surface area contributed by atoms with Crippen molar-refractivity contribution in [2.75, 3.05) is 0 Å². The van der Waals surface area contributed by atoms with Crippen LogP contribution in [-0.2, 0) is 11.2 Å². The molecule has 4 heteroatoms. The Balaban J connectivity index is 3.11. The maximum Gasteiger partial charge on any atom is 0.307 e. The van der Waals surface area contributed by atoms with E-state index in [-0.39, 0.29) is 12.5 Å². The van der Waals surface area contributed by atoms with E-state index >= 15 is 0 Å². The molecule has 3 nitrogen and oxygen atoms in total. The largest absolute Gasteiger partial charge is 0.491 e. The Morgan fingerprint density at radius 2 is 2.12 bits per heavy atom. The number of aliphatic carboxylic acids is 1. The van der Waals surface area contributed by atoms with Gasteiger partial charge in [0.05, 0.1) is 12.5 Å². The number of rotatable bonds is 4. The molecule has 0 spiro atoms. The van der Waals surface area contributed by atoms with E-state index in [2.05, 4.69) is 0 Å². The van der Waals surface area contributed by atoms with Gasteiger partial charge < -0.3 is 9.84 Å². The summed E-state index contributed by atoms with van der Waals surface area (Å²) in [5, 5.41) is 9.35. The van der Waals surface area contributed by atoms with Gasteiger partial charge in [-0.15, -0.1) is 0 Å². The summed E-state index contributed by atoms with van der Waals surface area (Å²) in [6, 6.07) is 3.43. The molecule has 0 atom stereocenters. The van der Waals surface area contributed by atoms with Gasteiger partial charge in [-0.25, -0.2) is 0 Å². The SMILES string of the molecule is Cc1cc(OC(C)C)c(CC(=O)O)cc1Cl. The van der Waals surface area contributed by atoms with Crippen LogP contribution in [0.1, 0.15) is 25.0 Å². The lowest BCUT2D eigenvalue weighted by molar-refractivity contribution is -0.136. The Kier molecular flexibility index (Phi) is 4.19. The minimum absolute atomic E-state index is 0.00752. The van der Waals surface area contributed by atoms with Gasteiger partial charge in [0, 0.05) is 10.6 Å². The first-order chi connectivity index (χ1) is 7.40. The Labute approximate surface area is 100.0 Å². The van der Waals surface area contributed by atoms with E-state index in [1.807, 2.05) is 20.8 Å². The molecule has 0 saturated heterocycles. The molecule has 1 aromatic rings. The summed E-state index contributed by atoms with van der Waals surface area (Å²) < 4.78 is 5.56. The van der Waals surface area contributed by atoms with Crippen LogP contribution in [0, 0.1) is 6.92 Å². The van der Waals surface area contributed by atoms with Crippen LogP contribution in [0.15, 0.2) is 12.1 Å². The van der Waals surface area contributed by atoms with Crippen molar-refractivity contribution in [3.8, 4) is 5.75 Å². The number of benzene rings is 1. The maximum absolute atomic E-state index is 10.7. The molecule has 0 aromatic heterocycles. The van der Waals surface area contributed by atoms with Crippen molar-refractivity contribution < 1.29 is 14.6 Å². The van der Waals surface area contributed by atoms with Crippen LogP contribution in [-0.4, -0.2) is 17.2 Å². The molecule has 0 heterocycles. The zero-order valence-electron chi connectivity index (χ0n) is 9.58. The minimum Gasteiger partial charge on any atom is -0.491 e. The molecule has 1 N–H and O–H groups in total. The van der Waals surface area contributed by atoms with Gasteiger partial charge in [0.25, 0.3) is 0 Å². The number of hydrogen-bond acceptors (Lipinski definition) is 2. The van der Waals surface area contributed by atoms with Gasteiger partial charge >= 0.3 is 5.97 Å². The van der Waals surface area contributed by atoms with Crippen molar-refractivity contribution in [3.05, 3.63) is 28.3 Å². The van der Waals surface area contributed by atoms with Crippen LogP contribution in [0.4, 0.5) is 0 Å². The van der Waals surface area contributed by atoms with Crippen LogP contribution in [0.5, 0.6) is 5.75 Å². The lowest BCUT2D eigenvalue weighted by atomic mass is 10.1. The lowest BCUT2D eigenvalue weighted by Gasteiger charge is -2.15. The zero-order valence-corrected chi connectivity index (χ0v) is 10.3. The standard InChI is InChI=1S/C12H15ClO3/c1-7(2)16-11-4-8(3)10(13)5-9(11)6-12(14)15/h4-5,7H,6H2,1-3H3,(H,14,15). The van der Waals surface area contributed by atoms with Crippen molar-refractivity contribution in [2.45, 2.75) is 33.3 Å². The van der Waals surface area contributed by atoms with Crippen LogP contribution in [0.25, 0.3) is 0 Å². The lowest BCUT2D eigenvalue weighted by Crippen LogP contribution is -2.10. The second-order valence-electron chi connectivity index (χ2n) is 3.95. The van der Waals surface area contributed by atoms with Gasteiger partial charge in [-0.05, 0) is 38.5 Å². The number of carbonyl (C=O) groups is 1. The molecule has 0 radical (unpaired) electrons. The maximum atomic E-state index is 10.7. The average molecular weight is 243 g/mol. The van der Waals surface area contributed by atoms with Gasteiger partial charge in [-0.1, -0.05) is 11.6 Å². The molecule has 0 aliphatic heterocycles. The smallest absolute Gasteiger partial charge is 0.307 e. The van der Waals surface area contributed by atoms with E-state index in [0.29, 0.717) is 16.3 Å². The van der Waals surface area contributed by atoms with E-state index in [9.17, 15) is 4.79 Å². The quantitative estimate of drug-likeness (QED) is 0.883. The number of hydrogen-bond donors (Lipinski definition) is 1. The molecule has 88 valence electrons. The Bertz CT molecular complexity index is 399. The van der Waals surface area contributed by atoms with Crippen molar-refractivity contribution in [3.63, 3.8) is 0 Å². The summed E-state index contributed by atoms with van der Waals surface area (Å²) in [6.45, 7) is 5.66. The zero-order chi connectivity index (χ0) is 12.3. The highest BCUT2D eigenvalue weighted by Gasteiger charge is 2.12. The van der Waals surface area contributed by atoms with Crippen molar-refractivity contribution in [1.82, 2.24) is 0 Å². The number of carboxylic acids is 1. The molecule has 0 unspecified atom stereocenters. The van der Waals surface area contributed by atoms with E-state index in [1.54, 1.807) is 12.1 Å². The second-order valence-corrected chi connectivity index (χ2v) is 4.35. The number of aryl methyl sites for hydroxylation is 1. The predicted octanol–water partition coefficient (Wildman–Crippen LogP) is 3.06. The first-order valence-corrected chi connectivity index (χ1v) is 5.45. The number of halogens is 1. The minimum atomic E-state index is -0.895. The fourth-order valence-electron chi connectivity index (χ4n) is 1.36. The Morgan fingerprint density at radius 1 is 1.50 bits per heavy atom. The summed E-state index contributed by atoms with van der Waals surface area (Å²) in [5.74, 6) is -0.298. The van der Waals surface area contributed by atoms with E-state index in [4.69, 9.17) is 21.4 Å². The molecular formula is C12H15ClO3. The van der Waals surface area contributed by atoms with Gasteiger partial charge in [0.1, 0.15) is 5.75 Å². The van der Waals surface area contributed by atoms with Crippen molar-refractivity contribution >= 4 is 17.6 Å². The molecule has 16 heavy (non-hydrogen) atoms. The van der Waals surface area contributed by atoms with Crippen molar-refractivity contribution in [2.24, 2.45) is 0 Å². The molecule has 0 amide bonds. The van der Waals surface area contributed by atoms with Crippen LogP contribution in [0.3, 0.4) is 0 Å². The number of ether oxygens (including phenoxy) is 1. The van der Waals surface area contributed by atoms with Crippen LogP contribution in [0.2, 0.25) is 5.02 Å². The average Bonchev–Trinajstić information content (AvgIpc) is 2.11. The van der Waals surface area contributed by atoms with E-state index in [1.165, 1.54) is 0 Å². The summed E-state index contributed by atoms with van der Waals surface area (Å²) in [7, 11) is 0. The molecule has 0 aliphatic rings. The molecule has 0 bridgehead atoms. The summed E-state index contributed by atoms with van der Waals surface area (Å²) in [6.07, 6.45) is -0.0738. The molecule has 1 rings (SSSR count). The third-order valence-electron chi connectivity index (χ3n) is 2.05. The topological polar surface area (TPSA) is 46.5 Å². The second kappa shape index (κ2) is 5.21. The van der Waals surface area contributed by atoms with Gasteiger partial charge in [0.2, 0.25) is 0 Å². The van der Waals surface area contributed by atoms with Crippen LogP contribution < -0.4 is 4.74 Å². The third kappa shape index (κ3) is 3.42.